The van der Waals surface area contributed by atoms with Crippen LogP contribution in [0.15, 0.2) is 30.5 Å². The lowest BCUT2D eigenvalue weighted by atomic mass is 10.0. The zero-order chi connectivity index (χ0) is 22.9. The highest BCUT2D eigenvalue weighted by atomic mass is 16.5. The SMILES string of the molecule is CCCCOc1nc(N)c2[nH]cc(Cc3ccc(CN4CCC(O)C4)cc3)c2n1.O=CO. The summed E-state index contributed by atoms with van der Waals surface area (Å²) in [5, 5.41) is 16.6. The molecule has 1 aromatic carbocycles. The van der Waals surface area contributed by atoms with Gasteiger partial charge in [0.1, 0.15) is 11.0 Å². The molecular weight excluding hydrogens is 410 g/mol. The van der Waals surface area contributed by atoms with Crippen LogP contribution in [0.4, 0.5) is 5.82 Å². The number of aromatic amines is 1. The van der Waals surface area contributed by atoms with Gasteiger partial charge in [-0.2, -0.15) is 9.97 Å². The fourth-order valence-corrected chi connectivity index (χ4v) is 3.76. The molecule has 2 aromatic heterocycles. The van der Waals surface area contributed by atoms with E-state index in [1.807, 2.05) is 6.20 Å². The molecule has 4 rings (SSSR count). The lowest BCUT2D eigenvalue weighted by Gasteiger charge is -2.15. The van der Waals surface area contributed by atoms with Crippen molar-refractivity contribution in [2.75, 3.05) is 25.4 Å². The molecule has 1 aliphatic heterocycles. The van der Waals surface area contributed by atoms with Crippen LogP contribution in [0.5, 0.6) is 6.01 Å². The predicted molar refractivity (Wildman–Crippen MR) is 123 cm³/mol. The summed E-state index contributed by atoms with van der Waals surface area (Å²) in [7, 11) is 0. The topological polar surface area (TPSA) is 138 Å². The summed E-state index contributed by atoms with van der Waals surface area (Å²) >= 11 is 0. The molecule has 3 heterocycles. The third kappa shape index (κ3) is 6.18. The first-order chi connectivity index (χ1) is 15.5. The van der Waals surface area contributed by atoms with Crippen LogP contribution in [0, 0.1) is 0 Å². The number of aliphatic hydroxyl groups is 1. The Morgan fingerprint density at radius 1 is 1.28 bits per heavy atom. The Labute approximate surface area is 187 Å². The minimum atomic E-state index is -0.250. The van der Waals surface area contributed by atoms with Crippen molar-refractivity contribution in [1.82, 2.24) is 19.9 Å². The smallest absolute Gasteiger partial charge is 0.319 e. The van der Waals surface area contributed by atoms with Crippen molar-refractivity contribution in [2.24, 2.45) is 0 Å². The number of hydrogen-bond acceptors (Lipinski definition) is 7. The summed E-state index contributed by atoms with van der Waals surface area (Å²) in [6, 6.07) is 8.98. The Morgan fingerprint density at radius 2 is 2.00 bits per heavy atom. The van der Waals surface area contributed by atoms with Crippen LogP contribution in [0.3, 0.4) is 0 Å². The van der Waals surface area contributed by atoms with E-state index in [9.17, 15) is 5.11 Å². The van der Waals surface area contributed by atoms with Crippen molar-refractivity contribution < 1.29 is 19.7 Å². The second-order valence-corrected chi connectivity index (χ2v) is 7.91. The Kier molecular flexibility index (Phi) is 8.41. The van der Waals surface area contributed by atoms with E-state index in [1.165, 1.54) is 11.1 Å². The van der Waals surface area contributed by atoms with Gasteiger partial charge in [-0.05, 0) is 24.0 Å². The molecule has 0 amide bonds. The van der Waals surface area contributed by atoms with Crippen molar-refractivity contribution in [2.45, 2.75) is 45.3 Å². The molecule has 1 fully saturated rings. The van der Waals surface area contributed by atoms with Crippen LogP contribution in [0.2, 0.25) is 0 Å². The van der Waals surface area contributed by atoms with Crippen molar-refractivity contribution >= 4 is 23.3 Å². The number of β-amino-alcohol motifs (C(OH)–C–C–N with tert-alkyl or cyclic N) is 1. The first-order valence-electron chi connectivity index (χ1n) is 10.9. The second kappa shape index (κ2) is 11.4. The molecule has 0 aliphatic carbocycles. The second-order valence-electron chi connectivity index (χ2n) is 7.91. The third-order valence-electron chi connectivity index (χ3n) is 5.41. The van der Waals surface area contributed by atoms with Gasteiger partial charge in [0.05, 0.1) is 12.7 Å². The largest absolute Gasteiger partial charge is 0.483 e. The number of benzene rings is 1. The number of rotatable bonds is 8. The number of likely N-dealkylation sites (tertiary alicyclic amines) is 1. The minimum absolute atomic E-state index is 0.179. The Balaban J connectivity index is 0.000000913. The fourth-order valence-electron chi connectivity index (χ4n) is 3.76. The first kappa shape index (κ1) is 23.5. The molecule has 1 aliphatic rings. The van der Waals surface area contributed by atoms with Gasteiger partial charge in [-0.25, -0.2) is 0 Å². The number of nitrogen functional groups attached to an aromatic ring is 1. The highest BCUT2D eigenvalue weighted by Crippen LogP contribution is 2.25. The molecule has 32 heavy (non-hydrogen) atoms. The highest BCUT2D eigenvalue weighted by molar-refractivity contribution is 5.87. The van der Waals surface area contributed by atoms with E-state index in [1.54, 1.807) is 0 Å². The Hall–Kier alpha value is -3.17. The number of fused-ring (bicyclic) bond motifs is 1. The number of H-pyrrole nitrogens is 1. The van der Waals surface area contributed by atoms with E-state index in [2.05, 4.69) is 51.0 Å². The van der Waals surface area contributed by atoms with Crippen LogP contribution >= 0.6 is 0 Å². The van der Waals surface area contributed by atoms with Gasteiger partial charge in [-0.3, -0.25) is 9.69 Å². The Bertz CT molecular complexity index is 1010. The number of aliphatic hydroxyl groups excluding tert-OH is 1. The van der Waals surface area contributed by atoms with E-state index >= 15 is 0 Å². The van der Waals surface area contributed by atoms with Crippen molar-refractivity contribution in [1.29, 1.82) is 0 Å². The zero-order valence-electron chi connectivity index (χ0n) is 18.3. The van der Waals surface area contributed by atoms with Gasteiger partial charge >= 0.3 is 6.01 Å². The minimum Gasteiger partial charge on any atom is -0.483 e. The van der Waals surface area contributed by atoms with E-state index in [4.69, 9.17) is 20.4 Å². The van der Waals surface area contributed by atoms with E-state index in [0.717, 1.165) is 61.9 Å². The number of hydrogen-bond donors (Lipinski definition) is 4. The van der Waals surface area contributed by atoms with Crippen molar-refractivity contribution in [3.8, 4) is 6.01 Å². The molecule has 9 nitrogen and oxygen atoms in total. The third-order valence-corrected chi connectivity index (χ3v) is 5.41. The number of carboxylic acid groups (broad SMARTS) is 1. The predicted octanol–water partition coefficient (Wildman–Crippen LogP) is 2.58. The molecule has 1 atom stereocenters. The standard InChI is InChI=1S/C22H29N5O2.CH2O2/c1-2-3-10-29-22-25-19-17(12-24-20(19)21(23)26-22)11-15-4-6-16(7-5-15)13-27-9-8-18(28)14-27;2-1-3/h4-7,12,18,24,28H,2-3,8-11,13-14H2,1H3,(H2,23,25,26);1H,(H,2,3). The molecule has 0 saturated carbocycles. The number of nitrogens with two attached hydrogens (primary N) is 1. The molecule has 0 bridgehead atoms. The number of nitrogens with one attached hydrogen (secondary N) is 1. The summed E-state index contributed by atoms with van der Waals surface area (Å²) in [6.45, 7) is 5.07. The number of aromatic nitrogens is 3. The molecule has 0 radical (unpaired) electrons. The fraction of sp³-hybridized carbons (Fsp3) is 0.435. The summed E-state index contributed by atoms with van der Waals surface area (Å²) in [6.07, 6.45) is 5.42. The van der Waals surface area contributed by atoms with Crippen LogP contribution in [-0.4, -0.2) is 62.3 Å². The van der Waals surface area contributed by atoms with Gasteiger partial charge in [0.15, 0.2) is 5.82 Å². The first-order valence-corrected chi connectivity index (χ1v) is 10.9. The molecule has 5 N–H and O–H groups in total. The summed E-state index contributed by atoms with van der Waals surface area (Å²) in [5.41, 5.74) is 11.2. The van der Waals surface area contributed by atoms with Gasteiger partial charge in [0.25, 0.3) is 6.47 Å². The summed E-state index contributed by atoms with van der Waals surface area (Å²) in [5.74, 6) is 0.413. The van der Waals surface area contributed by atoms with E-state index < -0.39 is 0 Å². The van der Waals surface area contributed by atoms with Crippen LogP contribution < -0.4 is 10.5 Å². The average Bonchev–Trinajstić information content (AvgIpc) is 3.37. The van der Waals surface area contributed by atoms with Gasteiger partial charge in [0, 0.05) is 37.8 Å². The van der Waals surface area contributed by atoms with E-state index in [-0.39, 0.29) is 12.6 Å². The molecule has 172 valence electrons. The van der Waals surface area contributed by atoms with Crippen LogP contribution in [0.25, 0.3) is 11.0 Å². The van der Waals surface area contributed by atoms with Crippen LogP contribution in [-0.2, 0) is 17.8 Å². The number of anilines is 1. The molecule has 1 unspecified atom stereocenters. The van der Waals surface area contributed by atoms with Gasteiger partial charge in [-0.1, -0.05) is 37.6 Å². The lowest BCUT2D eigenvalue weighted by Crippen LogP contribution is -2.21. The monoisotopic (exact) mass is 441 g/mol. The quantitative estimate of drug-likeness (QED) is 0.309. The Morgan fingerprint density at radius 3 is 2.66 bits per heavy atom. The number of ether oxygens (including phenoxy) is 1. The molecular formula is C23H31N5O4. The lowest BCUT2D eigenvalue weighted by molar-refractivity contribution is -0.122. The van der Waals surface area contributed by atoms with Crippen molar-refractivity contribution in [3.63, 3.8) is 0 Å². The molecule has 9 heteroatoms. The van der Waals surface area contributed by atoms with Gasteiger partial charge in [-0.15, -0.1) is 0 Å². The maximum absolute atomic E-state index is 9.68. The van der Waals surface area contributed by atoms with E-state index in [0.29, 0.717) is 18.4 Å². The normalized spacial score (nSPS) is 16.0. The number of carbonyl (C=O) groups is 1. The average molecular weight is 442 g/mol. The maximum atomic E-state index is 9.68. The van der Waals surface area contributed by atoms with Crippen molar-refractivity contribution in [3.05, 3.63) is 47.2 Å². The molecule has 3 aromatic rings. The molecule has 1 saturated heterocycles. The molecule has 0 spiro atoms. The highest BCUT2D eigenvalue weighted by Gasteiger charge is 2.20. The van der Waals surface area contributed by atoms with Gasteiger partial charge < -0.3 is 25.7 Å². The van der Waals surface area contributed by atoms with Gasteiger partial charge in [0.2, 0.25) is 0 Å². The number of nitrogens with zero attached hydrogens (tertiary/aromatic N) is 3. The zero-order valence-corrected chi connectivity index (χ0v) is 18.3. The summed E-state index contributed by atoms with van der Waals surface area (Å²) < 4.78 is 5.66. The number of unbranched alkanes of at least 4 members (excludes halogenated alkanes) is 1. The van der Waals surface area contributed by atoms with Crippen LogP contribution in [0.1, 0.15) is 42.9 Å². The summed E-state index contributed by atoms with van der Waals surface area (Å²) in [4.78, 5) is 22.7. The maximum Gasteiger partial charge on any atom is 0.319 e.